The molecule has 1 aromatic rings. The summed E-state index contributed by atoms with van der Waals surface area (Å²) in [5, 5.41) is 0. The average Bonchev–Trinajstić information content (AvgIpc) is 2.90. The summed E-state index contributed by atoms with van der Waals surface area (Å²) in [7, 11) is 0.883. The Hall–Kier alpha value is -2.33. The predicted molar refractivity (Wildman–Crippen MR) is 105 cm³/mol. The van der Waals surface area contributed by atoms with Crippen molar-refractivity contribution in [2.24, 2.45) is 0 Å². The van der Waals surface area contributed by atoms with E-state index in [-0.39, 0.29) is 45.0 Å². The van der Waals surface area contributed by atoms with Gasteiger partial charge in [-0.2, -0.15) is 0 Å². The highest BCUT2D eigenvalue weighted by atomic mass is 32.2. The molecule has 0 atom stereocenters. The van der Waals surface area contributed by atoms with Crippen molar-refractivity contribution in [1.82, 2.24) is 9.80 Å². The van der Waals surface area contributed by atoms with Crippen LogP contribution in [0.4, 0.5) is 0 Å². The average molecular weight is 426 g/mol. The molecule has 2 fully saturated rings. The second-order valence-electron chi connectivity index (χ2n) is 7.14. The van der Waals surface area contributed by atoms with Gasteiger partial charge in [-0.15, -0.1) is 0 Å². The lowest BCUT2D eigenvalue weighted by Crippen LogP contribution is -2.57. The smallest absolute Gasteiger partial charge is 0.254 e. The second-order valence-corrected chi connectivity index (χ2v) is 9.42. The minimum atomic E-state index is -3.63. The van der Waals surface area contributed by atoms with Crippen molar-refractivity contribution >= 4 is 21.7 Å². The topological polar surface area (TPSA) is 102 Å². The number of methoxy groups -OCH3 is 3. The Balaban J connectivity index is 1.80. The maximum atomic E-state index is 13.0. The highest BCUT2D eigenvalue weighted by molar-refractivity contribution is 7.93. The molecule has 0 bridgehead atoms. The van der Waals surface area contributed by atoms with Crippen molar-refractivity contribution in [3.05, 3.63) is 23.8 Å². The van der Waals surface area contributed by atoms with Crippen molar-refractivity contribution in [1.29, 1.82) is 0 Å². The van der Waals surface area contributed by atoms with E-state index in [4.69, 9.17) is 14.2 Å². The van der Waals surface area contributed by atoms with Gasteiger partial charge in [0, 0.05) is 51.2 Å². The van der Waals surface area contributed by atoms with Crippen LogP contribution in [0.15, 0.2) is 18.2 Å². The largest absolute Gasteiger partial charge is 0.497 e. The van der Waals surface area contributed by atoms with Crippen LogP contribution < -0.4 is 9.47 Å². The lowest BCUT2D eigenvalue weighted by Gasteiger charge is -2.43. The lowest BCUT2D eigenvalue weighted by molar-refractivity contribution is -0.131. The molecule has 2 heterocycles. The maximum absolute atomic E-state index is 13.0. The first kappa shape index (κ1) is 21.4. The second kappa shape index (κ2) is 8.19. The van der Waals surface area contributed by atoms with Gasteiger partial charge in [0.15, 0.2) is 9.84 Å². The third-order valence-electron chi connectivity index (χ3n) is 5.63. The zero-order valence-electron chi connectivity index (χ0n) is 16.8. The molecule has 2 saturated heterocycles. The third kappa shape index (κ3) is 3.78. The summed E-state index contributed by atoms with van der Waals surface area (Å²) in [4.78, 5) is 27.1. The third-order valence-corrected chi connectivity index (χ3v) is 8.05. The Labute approximate surface area is 170 Å². The molecular weight excluding hydrogens is 400 g/mol. The Morgan fingerprint density at radius 1 is 1.07 bits per heavy atom. The Bertz CT molecular complexity index is 870. The van der Waals surface area contributed by atoms with E-state index in [9.17, 15) is 18.0 Å². The summed E-state index contributed by atoms with van der Waals surface area (Å²) < 4.78 is 41.1. The number of benzene rings is 1. The maximum Gasteiger partial charge on any atom is 0.254 e. The molecule has 9 nitrogen and oxygen atoms in total. The van der Waals surface area contributed by atoms with E-state index in [1.54, 1.807) is 23.1 Å². The highest BCUT2D eigenvalue weighted by Crippen LogP contribution is 2.40. The lowest BCUT2D eigenvalue weighted by atomic mass is 10.0. The van der Waals surface area contributed by atoms with Crippen molar-refractivity contribution in [3.63, 3.8) is 0 Å². The van der Waals surface area contributed by atoms with E-state index in [2.05, 4.69) is 0 Å². The van der Waals surface area contributed by atoms with E-state index >= 15 is 0 Å². The molecule has 2 amide bonds. The summed E-state index contributed by atoms with van der Waals surface area (Å²) in [5.41, 5.74) is 0.402. The van der Waals surface area contributed by atoms with E-state index in [0.717, 1.165) is 0 Å². The van der Waals surface area contributed by atoms with Gasteiger partial charge in [0.1, 0.15) is 22.1 Å². The molecule has 2 aliphatic heterocycles. The Kier molecular flexibility index (Phi) is 6.04. The number of sulfone groups is 1. The molecule has 2 aliphatic rings. The number of ether oxygens (including phenoxy) is 3. The van der Waals surface area contributed by atoms with E-state index < -0.39 is 26.4 Å². The number of hydrogen-bond acceptors (Lipinski definition) is 7. The predicted octanol–water partition coefficient (Wildman–Crippen LogP) is 0.540. The molecule has 0 unspecified atom stereocenters. The minimum Gasteiger partial charge on any atom is -0.497 e. The van der Waals surface area contributed by atoms with Crippen LogP contribution in [0.1, 0.15) is 23.2 Å². The number of amides is 2. The quantitative estimate of drug-likeness (QED) is 0.654. The van der Waals surface area contributed by atoms with Crippen LogP contribution in [-0.4, -0.2) is 88.2 Å². The van der Waals surface area contributed by atoms with Gasteiger partial charge in [-0.1, -0.05) is 0 Å². The normalized spacial score (nSPS) is 20.2. The van der Waals surface area contributed by atoms with Crippen LogP contribution >= 0.6 is 0 Å². The fraction of sp³-hybridized carbons (Fsp3) is 0.579. The molecule has 29 heavy (non-hydrogen) atoms. The number of nitrogens with zero attached hydrogens (tertiary/aromatic N) is 2. The van der Waals surface area contributed by atoms with E-state index in [1.807, 2.05) is 0 Å². The van der Waals surface area contributed by atoms with Gasteiger partial charge in [-0.25, -0.2) is 8.42 Å². The monoisotopic (exact) mass is 426 g/mol. The molecule has 0 saturated carbocycles. The van der Waals surface area contributed by atoms with Gasteiger partial charge in [-0.05, 0) is 12.1 Å². The molecule has 0 aliphatic carbocycles. The number of carbonyl (C=O) groups excluding carboxylic acids is 2. The molecule has 3 rings (SSSR count). The summed E-state index contributed by atoms with van der Waals surface area (Å²) in [6, 6.07) is 4.91. The number of carbonyl (C=O) groups is 2. The molecule has 10 heteroatoms. The Morgan fingerprint density at radius 3 is 2.17 bits per heavy atom. The van der Waals surface area contributed by atoms with Gasteiger partial charge in [-0.3, -0.25) is 9.59 Å². The van der Waals surface area contributed by atoms with Crippen LogP contribution in [0.2, 0.25) is 0 Å². The Morgan fingerprint density at radius 2 is 1.66 bits per heavy atom. The highest BCUT2D eigenvalue weighted by Gasteiger charge is 2.58. The van der Waals surface area contributed by atoms with Gasteiger partial charge < -0.3 is 24.0 Å². The first-order chi connectivity index (χ1) is 13.8. The molecule has 160 valence electrons. The fourth-order valence-corrected chi connectivity index (χ4v) is 6.12. The standard InChI is InChI=1S/C19H26N2O7S/c1-26-9-8-21-17(22)13-29(24,25)19(21)4-6-20(7-5-19)18(23)14-10-15(27-2)12-16(11-14)28-3/h10-12H,4-9,13H2,1-3H3. The molecule has 0 N–H and O–H groups in total. The summed E-state index contributed by atoms with van der Waals surface area (Å²) in [5.74, 6) is -0.133. The summed E-state index contributed by atoms with van der Waals surface area (Å²) >= 11 is 0. The molecule has 1 spiro atoms. The number of likely N-dealkylation sites (tertiary alicyclic amines) is 1. The van der Waals surface area contributed by atoms with Crippen LogP contribution in [-0.2, 0) is 19.4 Å². The van der Waals surface area contributed by atoms with Gasteiger partial charge in [0.2, 0.25) is 5.91 Å². The van der Waals surface area contributed by atoms with Crippen molar-refractivity contribution in [3.8, 4) is 11.5 Å². The molecule has 1 aromatic carbocycles. The first-order valence-corrected chi connectivity index (χ1v) is 11.0. The van der Waals surface area contributed by atoms with Gasteiger partial charge in [0.25, 0.3) is 5.91 Å². The first-order valence-electron chi connectivity index (χ1n) is 9.32. The summed E-state index contributed by atoms with van der Waals surface area (Å²) in [6.07, 6.45) is 0.356. The van der Waals surface area contributed by atoms with Crippen molar-refractivity contribution in [2.45, 2.75) is 17.7 Å². The van der Waals surface area contributed by atoms with Crippen molar-refractivity contribution < 1.29 is 32.2 Å². The minimum absolute atomic E-state index is 0.178. The van der Waals surface area contributed by atoms with E-state index in [1.165, 1.54) is 26.2 Å². The SMILES string of the molecule is COCCN1C(=O)CS(=O)(=O)C12CCN(C(=O)c1cc(OC)cc(OC)c1)CC2. The fourth-order valence-electron chi connectivity index (χ4n) is 4.03. The van der Waals surface area contributed by atoms with Gasteiger partial charge in [0.05, 0.1) is 20.8 Å². The number of piperidine rings is 1. The molecular formula is C19H26N2O7S. The summed E-state index contributed by atoms with van der Waals surface area (Å²) in [6.45, 7) is 0.938. The van der Waals surface area contributed by atoms with Crippen LogP contribution in [0.25, 0.3) is 0 Å². The van der Waals surface area contributed by atoms with Crippen LogP contribution in [0.5, 0.6) is 11.5 Å². The van der Waals surface area contributed by atoms with Crippen molar-refractivity contribution in [2.75, 3.05) is 53.3 Å². The van der Waals surface area contributed by atoms with Crippen LogP contribution in [0.3, 0.4) is 0 Å². The molecule has 0 aromatic heterocycles. The van der Waals surface area contributed by atoms with Gasteiger partial charge >= 0.3 is 0 Å². The number of rotatable bonds is 6. The number of hydrogen-bond donors (Lipinski definition) is 0. The zero-order valence-corrected chi connectivity index (χ0v) is 17.7. The zero-order chi connectivity index (χ0) is 21.2. The molecule has 0 radical (unpaired) electrons. The van der Waals surface area contributed by atoms with E-state index in [0.29, 0.717) is 17.1 Å². The van der Waals surface area contributed by atoms with Crippen LogP contribution in [0, 0.1) is 0 Å².